The van der Waals surface area contributed by atoms with Crippen molar-refractivity contribution in [2.45, 2.75) is 33.2 Å². The highest BCUT2D eigenvalue weighted by Crippen LogP contribution is 2.12. The van der Waals surface area contributed by atoms with E-state index < -0.39 is 0 Å². The number of aromatic nitrogens is 3. The lowest BCUT2D eigenvalue weighted by Gasteiger charge is -2.22. The van der Waals surface area contributed by atoms with Crippen LogP contribution in [0.15, 0.2) is 0 Å². The molecule has 1 saturated heterocycles. The van der Waals surface area contributed by atoms with Gasteiger partial charge in [-0.15, -0.1) is 0 Å². The van der Waals surface area contributed by atoms with Crippen LogP contribution < -0.4 is 5.32 Å². The number of hydrogen-bond donors (Lipinski definition) is 1. The lowest BCUT2D eigenvalue weighted by Crippen LogP contribution is -2.32. The van der Waals surface area contributed by atoms with Crippen LogP contribution in [0.2, 0.25) is 0 Å². The first-order valence-electron chi connectivity index (χ1n) is 5.34. The second-order valence-electron chi connectivity index (χ2n) is 4.10. The molecule has 4 heteroatoms. The van der Waals surface area contributed by atoms with Gasteiger partial charge in [-0.1, -0.05) is 0 Å². The highest BCUT2D eigenvalue weighted by Gasteiger charge is 2.15. The molecule has 0 unspecified atom stereocenters. The van der Waals surface area contributed by atoms with Gasteiger partial charge in [-0.05, 0) is 45.7 Å². The fourth-order valence-electron chi connectivity index (χ4n) is 2.06. The van der Waals surface area contributed by atoms with Crippen LogP contribution in [0.3, 0.4) is 0 Å². The molecule has 0 bridgehead atoms. The van der Waals surface area contributed by atoms with Crippen LogP contribution in [0.1, 0.15) is 24.5 Å². The fraction of sp³-hybridized carbons (Fsp3) is 0.800. The molecule has 2 heterocycles. The van der Waals surface area contributed by atoms with Gasteiger partial charge in [-0.25, -0.2) is 9.67 Å². The third-order valence-electron chi connectivity index (χ3n) is 2.79. The third kappa shape index (κ3) is 2.12. The Morgan fingerprint density at radius 3 is 2.93 bits per heavy atom. The standard InChI is InChI=1S/C10H18N4/c1-8-12-9(2)14(13-8)7-10-4-3-5-11-6-10/h10-11H,3-7H2,1-2H3/t10-/m0/s1. The Kier molecular flexibility index (Phi) is 2.82. The second kappa shape index (κ2) is 4.09. The van der Waals surface area contributed by atoms with E-state index in [2.05, 4.69) is 15.4 Å². The Bertz CT molecular complexity index is 299. The first kappa shape index (κ1) is 9.65. The second-order valence-corrected chi connectivity index (χ2v) is 4.10. The third-order valence-corrected chi connectivity index (χ3v) is 2.79. The van der Waals surface area contributed by atoms with E-state index in [1.54, 1.807) is 0 Å². The molecule has 1 atom stereocenters. The summed E-state index contributed by atoms with van der Waals surface area (Å²) >= 11 is 0. The van der Waals surface area contributed by atoms with E-state index in [0.717, 1.165) is 30.7 Å². The predicted octanol–water partition coefficient (Wildman–Crippen LogP) is 0.895. The molecule has 78 valence electrons. The fourth-order valence-corrected chi connectivity index (χ4v) is 2.06. The van der Waals surface area contributed by atoms with Crippen LogP contribution in [-0.2, 0) is 6.54 Å². The molecule has 0 radical (unpaired) electrons. The molecule has 1 aromatic rings. The van der Waals surface area contributed by atoms with Gasteiger partial charge in [0.2, 0.25) is 0 Å². The van der Waals surface area contributed by atoms with Gasteiger partial charge in [0.1, 0.15) is 11.6 Å². The molecule has 0 spiro atoms. The maximum absolute atomic E-state index is 4.38. The van der Waals surface area contributed by atoms with Crippen LogP contribution in [-0.4, -0.2) is 27.9 Å². The number of nitrogens with zero attached hydrogens (tertiary/aromatic N) is 3. The first-order chi connectivity index (χ1) is 6.75. The Balaban J connectivity index is 1.98. The van der Waals surface area contributed by atoms with Crippen LogP contribution >= 0.6 is 0 Å². The van der Waals surface area contributed by atoms with Gasteiger partial charge in [-0.2, -0.15) is 5.10 Å². The molecular formula is C10H18N4. The van der Waals surface area contributed by atoms with E-state index in [0.29, 0.717) is 0 Å². The molecule has 2 rings (SSSR count). The van der Waals surface area contributed by atoms with Gasteiger partial charge in [0.05, 0.1) is 0 Å². The number of rotatable bonds is 2. The molecule has 1 aliphatic heterocycles. The zero-order valence-electron chi connectivity index (χ0n) is 8.95. The lowest BCUT2D eigenvalue weighted by molar-refractivity contribution is 0.322. The molecular weight excluding hydrogens is 176 g/mol. The number of hydrogen-bond acceptors (Lipinski definition) is 3. The van der Waals surface area contributed by atoms with Gasteiger partial charge < -0.3 is 5.32 Å². The van der Waals surface area contributed by atoms with Crippen LogP contribution in [0.25, 0.3) is 0 Å². The molecule has 1 aliphatic rings. The van der Waals surface area contributed by atoms with Crippen LogP contribution in [0.4, 0.5) is 0 Å². The molecule has 1 aromatic heterocycles. The molecule has 0 aliphatic carbocycles. The van der Waals surface area contributed by atoms with Gasteiger partial charge in [0.15, 0.2) is 0 Å². The minimum atomic E-state index is 0.726. The lowest BCUT2D eigenvalue weighted by atomic mass is 10.00. The maximum Gasteiger partial charge on any atom is 0.147 e. The average molecular weight is 194 g/mol. The molecule has 0 aromatic carbocycles. The van der Waals surface area contributed by atoms with Gasteiger partial charge in [-0.3, -0.25) is 0 Å². The summed E-state index contributed by atoms with van der Waals surface area (Å²) in [5.74, 6) is 2.64. The van der Waals surface area contributed by atoms with E-state index in [4.69, 9.17) is 0 Å². The highest BCUT2D eigenvalue weighted by molar-refractivity contribution is 4.88. The normalized spacial score (nSPS) is 22.6. The smallest absolute Gasteiger partial charge is 0.147 e. The molecule has 0 saturated carbocycles. The Hall–Kier alpha value is -0.900. The summed E-state index contributed by atoms with van der Waals surface area (Å²) in [6.45, 7) is 7.28. The summed E-state index contributed by atoms with van der Waals surface area (Å²) in [6.07, 6.45) is 2.60. The van der Waals surface area contributed by atoms with Crippen molar-refractivity contribution >= 4 is 0 Å². The van der Waals surface area contributed by atoms with Crippen molar-refractivity contribution in [3.05, 3.63) is 11.6 Å². The monoisotopic (exact) mass is 194 g/mol. The van der Waals surface area contributed by atoms with E-state index in [-0.39, 0.29) is 0 Å². The predicted molar refractivity (Wildman–Crippen MR) is 55.1 cm³/mol. The first-order valence-corrected chi connectivity index (χ1v) is 5.34. The Morgan fingerprint density at radius 1 is 1.50 bits per heavy atom. The molecule has 0 amide bonds. The Morgan fingerprint density at radius 2 is 2.36 bits per heavy atom. The summed E-state index contributed by atoms with van der Waals surface area (Å²) in [4.78, 5) is 4.31. The van der Waals surface area contributed by atoms with Crippen molar-refractivity contribution < 1.29 is 0 Å². The van der Waals surface area contributed by atoms with E-state index in [9.17, 15) is 0 Å². The molecule has 4 nitrogen and oxygen atoms in total. The van der Waals surface area contributed by atoms with Crippen LogP contribution in [0.5, 0.6) is 0 Å². The van der Waals surface area contributed by atoms with Crippen molar-refractivity contribution in [1.29, 1.82) is 0 Å². The highest BCUT2D eigenvalue weighted by atomic mass is 15.3. The largest absolute Gasteiger partial charge is 0.316 e. The number of nitrogens with one attached hydrogen (secondary N) is 1. The summed E-state index contributed by atoms with van der Waals surface area (Å²) in [7, 11) is 0. The Labute approximate surface area is 84.7 Å². The van der Waals surface area contributed by atoms with Crippen molar-refractivity contribution in [2.24, 2.45) is 5.92 Å². The van der Waals surface area contributed by atoms with E-state index in [1.165, 1.54) is 19.4 Å². The van der Waals surface area contributed by atoms with Crippen molar-refractivity contribution in [1.82, 2.24) is 20.1 Å². The summed E-state index contributed by atoms with van der Waals surface area (Å²) in [5.41, 5.74) is 0. The van der Waals surface area contributed by atoms with Crippen LogP contribution in [0, 0.1) is 19.8 Å². The summed E-state index contributed by atoms with van der Waals surface area (Å²) < 4.78 is 2.03. The topological polar surface area (TPSA) is 42.7 Å². The number of aryl methyl sites for hydroxylation is 2. The quantitative estimate of drug-likeness (QED) is 0.760. The van der Waals surface area contributed by atoms with E-state index in [1.807, 2.05) is 18.5 Å². The summed E-state index contributed by atoms with van der Waals surface area (Å²) in [6, 6.07) is 0. The van der Waals surface area contributed by atoms with E-state index >= 15 is 0 Å². The SMILES string of the molecule is Cc1nc(C)n(C[C@H]2CCCNC2)n1. The molecule has 1 fully saturated rings. The minimum absolute atomic E-state index is 0.726. The zero-order valence-corrected chi connectivity index (χ0v) is 8.95. The zero-order chi connectivity index (χ0) is 9.97. The summed E-state index contributed by atoms with van der Waals surface area (Å²) in [5, 5.41) is 7.80. The van der Waals surface area contributed by atoms with Crippen molar-refractivity contribution in [3.63, 3.8) is 0 Å². The minimum Gasteiger partial charge on any atom is -0.316 e. The number of piperidine rings is 1. The van der Waals surface area contributed by atoms with Crippen molar-refractivity contribution in [2.75, 3.05) is 13.1 Å². The molecule has 14 heavy (non-hydrogen) atoms. The molecule has 1 N–H and O–H groups in total. The van der Waals surface area contributed by atoms with Gasteiger partial charge >= 0.3 is 0 Å². The van der Waals surface area contributed by atoms with Gasteiger partial charge in [0, 0.05) is 6.54 Å². The maximum atomic E-state index is 4.38. The van der Waals surface area contributed by atoms with Crippen molar-refractivity contribution in [3.8, 4) is 0 Å². The average Bonchev–Trinajstić information content (AvgIpc) is 2.47. The van der Waals surface area contributed by atoms with Gasteiger partial charge in [0.25, 0.3) is 0 Å².